The van der Waals surface area contributed by atoms with E-state index in [9.17, 15) is 0 Å². The summed E-state index contributed by atoms with van der Waals surface area (Å²) in [5.41, 5.74) is 2.33. The molecule has 0 bridgehead atoms. The molecule has 4 nitrogen and oxygen atoms in total. The molecular weight excluding hydrogens is 212 g/mol. The summed E-state index contributed by atoms with van der Waals surface area (Å²) in [6, 6.07) is 8.45. The maximum atomic E-state index is 4.01. The van der Waals surface area contributed by atoms with Crippen molar-refractivity contribution in [2.24, 2.45) is 0 Å². The molecular formula is C13H15N4. The summed E-state index contributed by atoms with van der Waals surface area (Å²) in [6.45, 7) is 2.22. The van der Waals surface area contributed by atoms with Gasteiger partial charge in [-0.3, -0.25) is 0 Å². The average Bonchev–Trinajstić information content (AvgIpc) is 2.94. The van der Waals surface area contributed by atoms with E-state index in [0.29, 0.717) is 0 Å². The Balaban J connectivity index is 1.88. The van der Waals surface area contributed by atoms with Crippen molar-refractivity contribution >= 4 is 5.69 Å². The zero-order chi connectivity index (χ0) is 11.5. The molecule has 1 aliphatic heterocycles. The first kappa shape index (κ1) is 10.3. The van der Waals surface area contributed by atoms with E-state index in [1.807, 2.05) is 12.3 Å². The van der Waals surface area contributed by atoms with Crippen LogP contribution in [0, 0.1) is 6.42 Å². The maximum Gasteiger partial charge on any atom is 0.0697 e. The zero-order valence-electron chi connectivity index (χ0n) is 9.66. The highest BCUT2D eigenvalue weighted by Gasteiger charge is 2.11. The van der Waals surface area contributed by atoms with Gasteiger partial charge in [-0.05, 0) is 37.5 Å². The number of hydrogen-bond acceptors (Lipinski definition) is 3. The van der Waals surface area contributed by atoms with E-state index in [1.165, 1.54) is 18.5 Å². The van der Waals surface area contributed by atoms with Gasteiger partial charge in [0.1, 0.15) is 0 Å². The first-order chi connectivity index (χ1) is 8.43. The van der Waals surface area contributed by atoms with E-state index in [-0.39, 0.29) is 0 Å². The van der Waals surface area contributed by atoms with Gasteiger partial charge in [0.25, 0.3) is 0 Å². The lowest BCUT2D eigenvalue weighted by Gasteiger charge is -2.28. The standard InChI is InChI=1S/C13H15N4/c1-2-8-16(9-3-1)12-5-4-6-13(11-12)17-10-7-14-15-17/h1,4-7,10-11H,2-3,8-9H2. The van der Waals surface area contributed by atoms with Gasteiger partial charge in [-0.1, -0.05) is 11.3 Å². The Morgan fingerprint density at radius 2 is 1.88 bits per heavy atom. The molecule has 17 heavy (non-hydrogen) atoms. The lowest BCUT2D eigenvalue weighted by molar-refractivity contribution is 0.678. The number of benzene rings is 1. The Labute approximate surface area is 101 Å². The second-order valence-electron chi connectivity index (χ2n) is 4.22. The summed E-state index contributed by atoms with van der Waals surface area (Å²) < 4.78 is 1.79. The van der Waals surface area contributed by atoms with Gasteiger partial charge in [-0.15, -0.1) is 5.10 Å². The molecule has 2 heterocycles. The predicted molar refractivity (Wildman–Crippen MR) is 67.1 cm³/mol. The number of piperidine rings is 1. The van der Waals surface area contributed by atoms with Crippen LogP contribution in [0.1, 0.15) is 12.8 Å². The summed E-state index contributed by atoms with van der Waals surface area (Å²) in [7, 11) is 0. The van der Waals surface area contributed by atoms with Gasteiger partial charge in [0, 0.05) is 18.8 Å². The molecule has 0 spiro atoms. The summed E-state index contributed by atoms with van der Waals surface area (Å²) >= 11 is 0. The molecule has 0 N–H and O–H groups in total. The van der Waals surface area contributed by atoms with Crippen LogP contribution in [0.25, 0.3) is 5.69 Å². The van der Waals surface area contributed by atoms with Gasteiger partial charge in [0.15, 0.2) is 0 Å². The summed E-state index contributed by atoms with van der Waals surface area (Å²) in [5.74, 6) is 0. The molecule has 0 saturated carbocycles. The van der Waals surface area contributed by atoms with Crippen LogP contribution in [0.15, 0.2) is 36.7 Å². The number of aromatic nitrogens is 3. The van der Waals surface area contributed by atoms with E-state index in [4.69, 9.17) is 0 Å². The number of hydrogen-bond donors (Lipinski definition) is 0. The number of rotatable bonds is 2. The molecule has 1 aromatic carbocycles. The normalized spacial score (nSPS) is 16.1. The fourth-order valence-electron chi connectivity index (χ4n) is 2.19. The van der Waals surface area contributed by atoms with Gasteiger partial charge in [-0.25, -0.2) is 4.68 Å². The van der Waals surface area contributed by atoms with Crippen molar-refractivity contribution < 1.29 is 0 Å². The number of anilines is 1. The first-order valence-electron chi connectivity index (χ1n) is 5.97. The van der Waals surface area contributed by atoms with Crippen molar-refractivity contribution in [3.8, 4) is 5.69 Å². The molecule has 0 amide bonds. The van der Waals surface area contributed by atoms with Crippen molar-refractivity contribution in [1.82, 2.24) is 15.0 Å². The molecule has 87 valence electrons. The van der Waals surface area contributed by atoms with E-state index in [2.05, 4.69) is 39.8 Å². The minimum Gasteiger partial charge on any atom is -0.371 e. The van der Waals surface area contributed by atoms with Crippen LogP contribution in [0.4, 0.5) is 5.69 Å². The highest BCUT2D eigenvalue weighted by molar-refractivity contribution is 5.53. The predicted octanol–water partition coefficient (Wildman–Crippen LogP) is 2.07. The lowest BCUT2D eigenvalue weighted by Crippen LogP contribution is -2.29. The maximum absolute atomic E-state index is 4.01. The second kappa shape index (κ2) is 4.57. The highest BCUT2D eigenvalue weighted by atomic mass is 15.4. The van der Waals surface area contributed by atoms with Gasteiger partial charge in [-0.2, -0.15) is 0 Å². The van der Waals surface area contributed by atoms with Gasteiger partial charge >= 0.3 is 0 Å². The molecule has 1 aromatic heterocycles. The van der Waals surface area contributed by atoms with Crippen LogP contribution in [-0.4, -0.2) is 28.1 Å². The Morgan fingerprint density at radius 3 is 2.65 bits per heavy atom. The SMILES string of the molecule is [CH]1CCN(c2cccc(-n3ccnn3)c2)CC1. The Bertz CT molecular complexity index is 472. The molecule has 0 aliphatic carbocycles. The van der Waals surface area contributed by atoms with Gasteiger partial charge < -0.3 is 4.90 Å². The Hall–Kier alpha value is -1.84. The lowest BCUT2D eigenvalue weighted by atomic mass is 10.1. The minimum absolute atomic E-state index is 1.06. The van der Waals surface area contributed by atoms with Crippen molar-refractivity contribution in [3.63, 3.8) is 0 Å². The van der Waals surface area contributed by atoms with Crippen LogP contribution < -0.4 is 4.90 Å². The molecule has 0 atom stereocenters. The molecule has 0 unspecified atom stereocenters. The zero-order valence-corrected chi connectivity index (χ0v) is 9.66. The summed E-state index contributed by atoms with van der Waals surface area (Å²) in [6.07, 6.45) is 8.27. The minimum atomic E-state index is 1.06. The fraction of sp³-hybridized carbons (Fsp3) is 0.308. The van der Waals surface area contributed by atoms with Crippen LogP contribution in [0.2, 0.25) is 0 Å². The Morgan fingerprint density at radius 1 is 1.06 bits per heavy atom. The Kier molecular flexibility index (Phi) is 2.78. The van der Waals surface area contributed by atoms with Crippen molar-refractivity contribution in [3.05, 3.63) is 43.1 Å². The molecule has 3 rings (SSSR count). The molecule has 1 saturated heterocycles. The fourth-order valence-corrected chi connectivity index (χ4v) is 2.19. The first-order valence-corrected chi connectivity index (χ1v) is 5.97. The van der Waals surface area contributed by atoms with Crippen LogP contribution in [0.3, 0.4) is 0 Å². The highest BCUT2D eigenvalue weighted by Crippen LogP contribution is 2.21. The van der Waals surface area contributed by atoms with Crippen molar-refractivity contribution in [2.75, 3.05) is 18.0 Å². The smallest absolute Gasteiger partial charge is 0.0697 e. The van der Waals surface area contributed by atoms with E-state index in [1.54, 1.807) is 10.9 Å². The third-order valence-electron chi connectivity index (χ3n) is 3.09. The van der Waals surface area contributed by atoms with Crippen molar-refractivity contribution in [2.45, 2.75) is 12.8 Å². The van der Waals surface area contributed by atoms with E-state index in [0.717, 1.165) is 18.8 Å². The third-order valence-corrected chi connectivity index (χ3v) is 3.09. The molecule has 2 aromatic rings. The summed E-state index contributed by atoms with van der Waals surface area (Å²) in [5, 5.41) is 7.85. The average molecular weight is 227 g/mol. The monoisotopic (exact) mass is 227 g/mol. The topological polar surface area (TPSA) is 34.0 Å². The van der Waals surface area contributed by atoms with Crippen LogP contribution >= 0.6 is 0 Å². The summed E-state index contributed by atoms with van der Waals surface area (Å²) in [4.78, 5) is 2.42. The molecule has 1 aliphatic rings. The van der Waals surface area contributed by atoms with Crippen molar-refractivity contribution in [1.29, 1.82) is 0 Å². The van der Waals surface area contributed by atoms with Gasteiger partial charge in [0.2, 0.25) is 0 Å². The number of nitrogens with zero attached hydrogens (tertiary/aromatic N) is 4. The molecule has 1 fully saturated rings. The molecule has 1 radical (unpaired) electrons. The quantitative estimate of drug-likeness (QED) is 0.787. The largest absolute Gasteiger partial charge is 0.371 e. The second-order valence-corrected chi connectivity index (χ2v) is 4.22. The molecule has 4 heteroatoms. The van der Waals surface area contributed by atoms with Crippen LogP contribution in [0.5, 0.6) is 0 Å². The third kappa shape index (κ3) is 2.16. The van der Waals surface area contributed by atoms with Gasteiger partial charge in [0.05, 0.1) is 18.1 Å². The van der Waals surface area contributed by atoms with E-state index >= 15 is 0 Å². The van der Waals surface area contributed by atoms with E-state index < -0.39 is 0 Å². The van der Waals surface area contributed by atoms with Crippen LogP contribution in [-0.2, 0) is 0 Å².